The second kappa shape index (κ2) is 1.82. The van der Waals surface area contributed by atoms with E-state index in [-0.39, 0.29) is 0 Å². The molecule has 0 aromatic rings. The van der Waals surface area contributed by atoms with Crippen molar-refractivity contribution in [1.29, 1.82) is 0 Å². The molecular weight excluding hydrogens is 88.1 g/mol. The van der Waals surface area contributed by atoms with Crippen LogP contribution >= 0.6 is 0 Å². The van der Waals surface area contributed by atoms with Gasteiger partial charge in [0, 0.05) is 0 Å². The van der Waals surface area contributed by atoms with Crippen LogP contribution in [0.1, 0.15) is 6.92 Å². The van der Waals surface area contributed by atoms with E-state index in [0.29, 0.717) is 0 Å². The van der Waals surface area contributed by atoms with Crippen LogP contribution in [-0.2, 0) is 4.74 Å². The molecule has 0 aromatic carbocycles. The van der Waals surface area contributed by atoms with Crippen molar-refractivity contribution in [3.63, 3.8) is 0 Å². The lowest BCUT2D eigenvalue weighted by molar-refractivity contribution is 0.276. The highest BCUT2D eigenvalue weighted by molar-refractivity contribution is 5.12. The van der Waals surface area contributed by atoms with Gasteiger partial charge >= 0.3 is 0 Å². The average molecular weight is 96.1 g/mol. The maximum Gasteiger partial charge on any atom is 0.108 e. The van der Waals surface area contributed by atoms with Crippen LogP contribution in [0.4, 0.5) is 0 Å². The van der Waals surface area contributed by atoms with E-state index in [4.69, 9.17) is 4.74 Å². The van der Waals surface area contributed by atoms with Gasteiger partial charge in [0.15, 0.2) is 0 Å². The van der Waals surface area contributed by atoms with Crippen molar-refractivity contribution in [1.82, 2.24) is 0 Å². The molecule has 0 aliphatic carbocycles. The Kier molecular flexibility index (Phi) is 1.16. The molecule has 1 aliphatic rings. The van der Waals surface area contributed by atoms with Crippen molar-refractivity contribution in [2.24, 2.45) is 0 Å². The summed E-state index contributed by atoms with van der Waals surface area (Å²) >= 11 is 0. The molecule has 0 atom stereocenters. The van der Waals surface area contributed by atoms with Crippen LogP contribution in [0.25, 0.3) is 0 Å². The van der Waals surface area contributed by atoms with Gasteiger partial charge in [-0.05, 0) is 18.6 Å². The quantitative estimate of drug-likeness (QED) is 0.443. The van der Waals surface area contributed by atoms with Crippen LogP contribution in [-0.4, -0.2) is 6.61 Å². The van der Waals surface area contributed by atoms with Gasteiger partial charge in [0.1, 0.15) is 6.61 Å². The smallest absolute Gasteiger partial charge is 0.108 e. The van der Waals surface area contributed by atoms with Crippen molar-refractivity contribution in [2.75, 3.05) is 6.61 Å². The van der Waals surface area contributed by atoms with Gasteiger partial charge in [-0.3, -0.25) is 0 Å². The van der Waals surface area contributed by atoms with Gasteiger partial charge in [-0.15, -0.1) is 0 Å². The van der Waals surface area contributed by atoms with Crippen molar-refractivity contribution >= 4 is 0 Å². The minimum atomic E-state index is 0.760. The third-order valence-electron chi connectivity index (χ3n) is 0.867. The number of allylic oxidation sites excluding steroid dienone is 2. The highest BCUT2D eigenvalue weighted by Crippen LogP contribution is 1.99. The monoisotopic (exact) mass is 96.1 g/mol. The van der Waals surface area contributed by atoms with Gasteiger partial charge in [0.25, 0.3) is 0 Å². The molecule has 1 nitrogen and oxygen atoms in total. The molecule has 0 bridgehead atoms. The second-order valence-corrected chi connectivity index (χ2v) is 1.65. The fourth-order valence-corrected chi connectivity index (χ4v) is 0.487. The normalized spacial score (nSPS) is 18.1. The summed E-state index contributed by atoms with van der Waals surface area (Å²) in [7, 11) is 0. The summed E-state index contributed by atoms with van der Waals surface area (Å²) < 4.78 is 4.93. The van der Waals surface area contributed by atoms with Gasteiger partial charge in [-0.2, -0.15) is 0 Å². The summed E-state index contributed by atoms with van der Waals surface area (Å²) in [6.07, 6.45) is 5.65. The lowest BCUT2D eigenvalue weighted by Gasteiger charge is -2.02. The van der Waals surface area contributed by atoms with E-state index in [2.05, 4.69) is 0 Å². The largest absolute Gasteiger partial charge is 0.497 e. The summed E-state index contributed by atoms with van der Waals surface area (Å²) in [5, 5.41) is 0. The molecule has 38 valence electrons. The summed E-state index contributed by atoms with van der Waals surface area (Å²) in [5.41, 5.74) is 1.28. The molecule has 0 amide bonds. The van der Waals surface area contributed by atoms with Crippen molar-refractivity contribution < 1.29 is 4.74 Å². The molecule has 0 saturated carbocycles. The van der Waals surface area contributed by atoms with Crippen LogP contribution < -0.4 is 0 Å². The molecule has 0 N–H and O–H groups in total. The van der Waals surface area contributed by atoms with Crippen LogP contribution in [0.5, 0.6) is 0 Å². The summed E-state index contributed by atoms with van der Waals surface area (Å²) in [5.74, 6) is 0. The molecule has 0 aromatic heterocycles. The van der Waals surface area contributed by atoms with Crippen molar-refractivity contribution in [2.45, 2.75) is 6.92 Å². The van der Waals surface area contributed by atoms with Gasteiger partial charge in [-0.25, -0.2) is 0 Å². The molecule has 0 fully saturated rings. The average Bonchev–Trinajstić information content (AvgIpc) is 1.69. The highest BCUT2D eigenvalue weighted by Gasteiger charge is 1.88. The predicted molar refractivity (Wildman–Crippen MR) is 28.8 cm³/mol. The zero-order valence-corrected chi connectivity index (χ0v) is 4.35. The first-order valence-corrected chi connectivity index (χ1v) is 2.33. The molecule has 0 saturated heterocycles. The number of rotatable bonds is 0. The van der Waals surface area contributed by atoms with Gasteiger partial charge in [0.2, 0.25) is 0 Å². The molecule has 1 aliphatic heterocycles. The summed E-state index contributed by atoms with van der Waals surface area (Å²) in [6.45, 7) is 2.81. The first-order chi connectivity index (χ1) is 3.39. The molecule has 1 heterocycles. The molecule has 1 rings (SSSR count). The zero-order valence-electron chi connectivity index (χ0n) is 4.35. The van der Waals surface area contributed by atoms with E-state index in [1.807, 2.05) is 19.1 Å². The second-order valence-electron chi connectivity index (χ2n) is 1.65. The predicted octanol–water partition coefficient (Wildman–Crippen LogP) is 1.48. The van der Waals surface area contributed by atoms with Gasteiger partial charge in [0.05, 0.1) is 6.26 Å². The Labute approximate surface area is 43.3 Å². The maximum atomic E-state index is 4.93. The SMILES string of the molecule is CC1=CC=COC1. The Balaban J connectivity index is 2.57. The first-order valence-electron chi connectivity index (χ1n) is 2.33. The number of ether oxygens (including phenoxy) is 1. The van der Waals surface area contributed by atoms with E-state index < -0.39 is 0 Å². The molecule has 0 radical (unpaired) electrons. The molecular formula is C6H8O. The molecule has 7 heavy (non-hydrogen) atoms. The van der Waals surface area contributed by atoms with Gasteiger partial charge in [-0.1, -0.05) is 6.08 Å². The minimum absolute atomic E-state index is 0.760. The Morgan fingerprint density at radius 1 is 1.71 bits per heavy atom. The number of hydrogen-bond acceptors (Lipinski definition) is 1. The van der Waals surface area contributed by atoms with E-state index >= 15 is 0 Å². The topological polar surface area (TPSA) is 9.23 Å². The summed E-state index contributed by atoms with van der Waals surface area (Å²) in [4.78, 5) is 0. The highest BCUT2D eigenvalue weighted by atomic mass is 16.5. The Morgan fingerprint density at radius 3 is 2.86 bits per heavy atom. The van der Waals surface area contributed by atoms with E-state index in [9.17, 15) is 0 Å². The summed E-state index contributed by atoms with van der Waals surface area (Å²) in [6, 6.07) is 0. The lowest BCUT2D eigenvalue weighted by atomic mass is 10.3. The third-order valence-corrected chi connectivity index (χ3v) is 0.867. The van der Waals surface area contributed by atoms with Gasteiger partial charge < -0.3 is 4.74 Å². The van der Waals surface area contributed by atoms with Crippen LogP contribution in [0.3, 0.4) is 0 Å². The fourth-order valence-electron chi connectivity index (χ4n) is 0.487. The van der Waals surface area contributed by atoms with Crippen molar-refractivity contribution in [3.8, 4) is 0 Å². The molecule has 0 unspecified atom stereocenters. The van der Waals surface area contributed by atoms with E-state index in [1.165, 1.54) is 5.57 Å². The third kappa shape index (κ3) is 1.07. The van der Waals surface area contributed by atoms with Crippen LogP contribution in [0, 0.1) is 0 Å². The van der Waals surface area contributed by atoms with Crippen LogP contribution in [0.2, 0.25) is 0 Å². The Bertz CT molecular complexity index is 111. The molecule has 0 spiro atoms. The minimum Gasteiger partial charge on any atom is -0.497 e. The Morgan fingerprint density at radius 2 is 2.57 bits per heavy atom. The molecule has 1 heteroatoms. The van der Waals surface area contributed by atoms with E-state index in [1.54, 1.807) is 6.26 Å². The first kappa shape index (κ1) is 4.44. The van der Waals surface area contributed by atoms with E-state index in [0.717, 1.165) is 6.61 Å². The zero-order chi connectivity index (χ0) is 5.11. The number of hydrogen-bond donors (Lipinski definition) is 0. The fraction of sp³-hybridized carbons (Fsp3) is 0.333. The van der Waals surface area contributed by atoms with Crippen LogP contribution in [0.15, 0.2) is 24.0 Å². The standard InChI is InChI=1S/C6H8O/c1-6-3-2-4-7-5-6/h2-4H,5H2,1H3. The lowest BCUT2D eigenvalue weighted by Crippen LogP contribution is -1.91. The maximum absolute atomic E-state index is 4.93. The Hall–Kier alpha value is -0.720. The van der Waals surface area contributed by atoms with Crippen molar-refractivity contribution in [3.05, 3.63) is 24.0 Å².